The summed E-state index contributed by atoms with van der Waals surface area (Å²) in [5.74, 6) is -1.44. The molecule has 0 spiro atoms. The number of carbonyl (C=O) groups excluding carboxylic acids is 3. The van der Waals surface area contributed by atoms with Gasteiger partial charge in [0.05, 0.1) is 12.2 Å². The standard InChI is InChI=1S/C21H28N2O5/c1-8-27-20(25)18-13(5)19(22-14(18)6)21(26)28-10-17(24)16-9-12(4)23(11(2)3)15(16)7/h9,11,22H,8,10H2,1-7H3. The molecule has 28 heavy (non-hydrogen) atoms. The molecular formula is C21H28N2O5. The summed E-state index contributed by atoms with van der Waals surface area (Å²) in [7, 11) is 0. The van der Waals surface area contributed by atoms with Crippen LogP contribution in [0.25, 0.3) is 0 Å². The summed E-state index contributed by atoms with van der Waals surface area (Å²) in [6.07, 6.45) is 0. The molecule has 7 nitrogen and oxygen atoms in total. The van der Waals surface area contributed by atoms with E-state index in [9.17, 15) is 14.4 Å². The quantitative estimate of drug-likeness (QED) is 0.575. The molecule has 0 bridgehead atoms. The molecule has 0 radical (unpaired) electrons. The van der Waals surface area contributed by atoms with Crippen molar-refractivity contribution < 1.29 is 23.9 Å². The Morgan fingerprint density at radius 1 is 1.07 bits per heavy atom. The molecule has 0 aliphatic carbocycles. The van der Waals surface area contributed by atoms with Crippen LogP contribution in [-0.4, -0.2) is 40.5 Å². The largest absolute Gasteiger partial charge is 0.462 e. The molecule has 0 aromatic carbocycles. The number of ether oxygens (including phenoxy) is 2. The number of ketones is 1. The number of aryl methyl sites for hydroxylation is 2. The van der Waals surface area contributed by atoms with Crippen LogP contribution in [0.3, 0.4) is 0 Å². The van der Waals surface area contributed by atoms with Gasteiger partial charge in [-0.05, 0) is 60.1 Å². The Morgan fingerprint density at radius 2 is 1.71 bits per heavy atom. The zero-order valence-corrected chi connectivity index (χ0v) is 17.6. The molecule has 7 heteroatoms. The van der Waals surface area contributed by atoms with E-state index in [1.807, 2.05) is 33.8 Å². The maximum Gasteiger partial charge on any atom is 0.355 e. The number of rotatable bonds is 7. The third kappa shape index (κ3) is 4.03. The maximum absolute atomic E-state index is 12.6. The Balaban J connectivity index is 2.15. The molecule has 2 aromatic rings. The Hall–Kier alpha value is -2.83. The molecule has 0 fully saturated rings. The Labute approximate surface area is 165 Å². The Bertz CT molecular complexity index is 918. The summed E-state index contributed by atoms with van der Waals surface area (Å²) in [5, 5.41) is 0. The smallest absolute Gasteiger partial charge is 0.355 e. The third-order valence-electron chi connectivity index (χ3n) is 4.76. The van der Waals surface area contributed by atoms with E-state index in [2.05, 4.69) is 9.55 Å². The highest BCUT2D eigenvalue weighted by atomic mass is 16.5. The molecule has 0 aliphatic rings. The highest BCUT2D eigenvalue weighted by Gasteiger charge is 2.25. The first kappa shape index (κ1) is 21.5. The minimum Gasteiger partial charge on any atom is -0.462 e. The van der Waals surface area contributed by atoms with Gasteiger partial charge in [-0.15, -0.1) is 0 Å². The van der Waals surface area contributed by atoms with Crippen molar-refractivity contribution in [3.05, 3.63) is 45.5 Å². The highest BCUT2D eigenvalue weighted by Crippen LogP contribution is 2.22. The van der Waals surface area contributed by atoms with Gasteiger partial charge in [0.2, 0.25) is 5.78 Å². The molecule has 0 saturated carbocycles. The second-order valence-corrected chi connectivity index (χ2v) is 7.09. The summed E-state index contributed by atoms with van der Waals surface area (Å²) in [5.41, 5.74) is 3.83. The van der Waals surface area contributed by atoms with E-state index in [1.54, 1.807) is 20.8 Å². The normalized spacial score (nSPS) is 11.0. The van der Waals surface area contributed by atoms with Crippen LogP contribution < -0.4 is 0 Å². The van der Waals surface area contributed by atoms with E-state index >= 15 is 0 Å². The molecule has 2 rings (SSSR count). The van der Waals surface area contributed by atoms with E-state index in [-0.39, 0.29) is 30.7 Å². The van der Waals surface area contributed by atoms with Crippen molar-refractivity contribution in [1.82, 2.24) is 9.55 Å². The van der Waals surface area contributed by atoms with Crippen molar-refractivity contribution >= 4 is 17.7 Å². The highest BCUT2D eigenvalue weighted by molar-refractivity contribution is 6.02. The van der Waals surface area contributed by atoms with Crippen LogP contribution in [0.15, 0.2) is 6.07 Å². The van der Waals surface area contributed by atoms with Crippen molar-refractivity contribution in [2.45, 2.75) is 54.5 Å². The molecule has 0 saturated heterocycles. The van der Waals surface area contributed by atoms with Crippen LogP contribution >= 0.6 is 0 Å². The monoisotopic (exact) mass is 388 g/mol. The number of nitrogens with one attached hydrogen (secondary N) is 1. The minimum absolute atomic E-state index is 0.154. The first-order valence-corrected chi connectivity index (χ1v) is 9.35. The zero-order valence-electron chi connectivity index (χ0n) is 17.6. The number of aromatic amines is 1. The lowest BCUT2D eigenvalue weighted by atomic mass is 10.1. The van der Waals surface area contributed by atoms with Gasteiger partial charge in [0.25, 0.3) is 0 Å². The Kier molecular flexibility index (Phi) is 6.48. The number of esters is 2. The lowest BCUT2D eigenvalue weighted by molar-refractivity contribution is 0.0468. The van der Waals surface area contributed by atoms with E-state index in [4.69, 9.17) is 9.47 Å². The van der Waals surface area contributed by atoms with Gasteiger partial charge in [0.15, 0.2) is 6.61 Å². The van der Waals surface area contributed by atoms with Gasteiger partial charge < -0.3 is 19.0 Å². The van der Waals surface area contributed by atoms with E-state index in [0.29, 0.717) is 22.4 Å². The summed E-state index contributed by atoms with van der Waals surface area (Å²) in [6, 6.07) is 2.05. The average Bonchev–Trinajstić information content (AvgIpc) is 3.08. The first-order valence-electron chi connectivity index (χ1n) is 9.35. The fourth-order valence-corrected chi connectivity index (χ4v) is 3.60. The molecule has 1 N–H and O–H groups in total. The van der Waals surface area contributed by atoms with Crippen LogP contribution in [-0.2, 0) is 9.47 Å². The molecule has 0 unspecified atom stereocenters. The second-order valence-electron chi connectivity index (χ2n) is 7.09. The van der Waals surface area contributed by atoms with E-state index in [0.717, 1.165) is 11.4 Å². The lowest BCUT2D eigenvalue weighted by Gasteiger charge is -2.13. The molecular weight excluding hydrogens is 360 g/mol. The molecule has 152 valence electrons. The number of hydrogen-bond acceptors (Lipinski definition) is 5. The number of Topliss-reactive ketones (excluding diaryl/α,β-unsaturated/α-hetero) is 1. The van der Waals surface area contributed by atoms with Crippen LogP contribution in [0.4, 0.5) is 0 Å². The van der Waals surface area contributed by atoms with E-state index < -0.39 is 11.9 Å². The maximum atomic E-state index is 12.6. The number of carbonyl (C=O) groups is 3. The minimum atomic E-state index is -0.679. The van der Waals surface area contributed by atoms with Crippen molar-refractivity contribution in [3.8, 4) is 0 Å². The zero-order chi connectivity index (χ0) is 21.2. The summed E-state index contributed by atoms with van der Waals surface area (Å²) in [6.45, 7) is 12.8. The van der Waals surface area contributed by atoms with Gasteiger partial charge in [-0.3, -0.25) is 4.79 Å². The third-order valence-corrected chi connectivity index (χ3v) is 4.76. The van der Waals surface area contributed by atoms with Gasteiger partial charge in [-0.25, -0.2) is 9.59 Å². The first-order chi connectivity index (χ1) is 13.1. The lowest BCUT2D eigenvalue weighted by Crippen LogP contribution is -2.16. The summed E-state index contributed by atoms with van der Waals surface area (Å²) < 4.78 is 12.3. The van der Waals surface area contributed by atoms with Gasteiger partial charge >= 0.3 is 11.9 Å². The molecule has 0 atom stereocenters. The van der Waals surface area contributed by atoms with Gasteiger partial charge in [-0.1, -0.05) is 0 Å². The van der Waals surface area contributed by atoms with Crippen LogP contribution in [0, 0.1) is 27.7 Å². The Morgan fingerprint density at radius 3 is 2.25 bits per heavy atom. The number of hydrogen-bond donors (Lipinski definition) is 1. The molecule has 0 aliphatic heterocycles. The van der Waals surface area contributed by atoms with Gasteiger partial charge in [0.1, 0.15) is 5.69 Å². The predicted molar refractivity (Wildman–Crippen MR) is 105 cm³/mol. The van der Waals surface area contributed by atoms with Gasteiger partial charge in [0, 0.05) is 28.7 Å². The van der Waals surface area contributed by atoms with Crippen molar-refractivity contribution in [2.75, 3.05) is 13.2 Å². The summed E-state index contributed by atoms with van der Waals surface area (Å²) in [4.78, 5) is 39.9. The van der Waals surface area contributed by atoms with E-state index in [1.165, 1.54) is 0 Å². The average molecular weight is 388 g/mol. The predicted octanol–water partition coefficient (Wildman–Crippen LogP) is 3.85. The fraction of sp³-hybridized carbons (Fsp3) is 0.476. The van der Waals surface area contributed by atoms with Crippen LogP contribution in [0.5, 0.6) is 0 Å². The fourth-order valence-electron chi connectivity index (χ4n) is 3.60. The van der Waals surface area contributed by atoms with Crippen molar-refractivity contribution in [3.63, 3.8) is 0 Å². The van der Waals surface area contributed by atoms with Crippen LogP contribution in [0.1, 0.15) is 80.7 Å². The van der Waals surface area contributed by atoms with Crippen LogP contribution in [0.2, 0.25) is 0 Å². The molecule has 2 aromatic heterocycles. The molecule has 2 heterocycles. The van der Waals surface area contributed by atoms with Crippen molar-refractivity contribution in [1.29, 1.82) is 0 Å². The number of nitrogens with zero attached hydrogens (tertiary/aromatic N) is 1. The summed E-state index contributed by atoms with van der Waals surface area (Å²) >= 11 is 0. The van der Waals surface area contributed by atoms with Gasteiger partial charge in [-0.2, -0.15) is 0 Å². The second kappa shape index (κ2) is 8.46. The number of H-pyrrole nitrogens is 1. The topological polar surface area (TPSA) is 90.4 Å². The van der Waals surface area contributed by atoms with Crippen molar-refractivity contribution in [2.24, 2.45) is 0 Å². The molecule has 0 amide bonds. The number of aromatic nitrogens is 2. The SMILES string of the molecule is CCOC(=O)c1c(C)[nH]c(C(=O)OCC(=O)c2cc(C)n(C(C)C)c2C)c1C.